The Bertz CT molecular complexity index is 904. The molecule has 0 saturated carbocycles. The van der Waals surface area contributed by atoms with Crippen LogP contribution in [0.5, 0.6) is 0 Å². The average molecular weight is 410 g/mol. The highest BCUT2D eigenvalue weighted by Crippen LogP contribution is 2.45. The van der Waals surface area contributed by atoms with E-state index in [0.717, 1.165) is 6.07 Å². The Hall–Kier alpha value is -2.28. The second-order valence-corrected chi connectivity index (χ2v) is 7.74. The number of benzene rings is 1. The van der Waals surface area contributed by atoms with E-state index in [0.29, 0.717) is 43.1 Å². The number of nitrogens with zero attached hydrogens (tertiary/aromatic N) is 3. The van der Waals surface area contributed by atoms with Crippen molar-refractivity contribution in [3.8, 4) is 0 Å². The van der Waals surface area contributed by atoms with Crippen LogP contribution in [0.2, 0.25) is 5.02 Å². The first-order valence-electron chi connectivity index (χ1n) is 9.15. The monoisotopic (exact) mass is 409 g/mol. The smallest absolute Gasteiger partial charge is 0.355 e. The number of alkyl halides is 3. The number of aromatic nitrogens is 1. The predicted molar refractivity (Wildman–Crippen MR) is 102 cm³/mol. The largest absolute Gasteiger partial charge is 0.419 e. The third-order valence-electron chi connectivity index (χ3n) is 5.62. The van der Waals surface area contributed by atoms with Crippen LogP contribution in [-0.4, -0.2) is 30.5 Å². The van der Waals surface area contributed by atoms with E-state index < -0.39 is 17.2 Å². The molecule has 2 aromatic rings. The number of amides is 1. The highest BCUT2D eigenvalue weighted by atomic mass is 35.5. The summed E-state index contributed by atoms with van der Waals surface area (Å²) in [6.07, 6.45) is -1.26. The molecule has 1 unspecified atom stereocenters. The van der Waals surface area contributed by atoms with Crippen LogP contribution in [0.1, 0.15) is 24.8 Å². The van der Waals surface area contributed by atoms with Crippen molar-refractivity contribution in [1.82, 2.24) is 4.98 Å². The molecule has 0 aliphatic carbocycles. The van der Waals surface area contributed by atoms with E-state index in [1.165, 1.54) is 12.3 Å². The van der Waals surface area contributed by atoms with Crippen LogP contribution >= 0.6 is 11.6 Å². The SMILES string of the molecule is O=C1N(c2ccccc2Cl)CCC12CCCN(c1ncccc1C(F)(F)F)C2. The van der Waals surface area contributed by atoms with Gasteiger partial charge in [0.2, 0.25) is 5.91 Å². The fourth-order valence-electron chi connectivity index (χ4n) is 4.28. The Morgan fingerprint density at radius 1 is 1.07 bits per heavy atom. The van der Waals surface area contributed by atoms with E-state index in [2.05, 4.69) is 4.98 Å². The van der Waals surface area contributed by atoms with Gasteiger partial charge in [-0.25, -0.2) is 4.98 Å². The van der Waals surface area contributed by atoms with Crippen LogP contribution in [0.15, 0.2) is 42.6 Å². The van der Waals surface area contributed by atoms with Gasteiger partial charge >= 0.3 is 6.18 Å². The Kier molecular flexibility index (Phi) is 4.73. The number of hydrogen-bond donors (Lipinski definition) is 0. The number of carbonyl (C=O) groups is 1. The molecule has 4 rings (SSSR count). The number of carbonyl (C=O) groups excluding carboxylic acids is 1. The minimum absolute atomic E-state index is 0.0743. The topological polar surface area (TPSA) is 36.4 Å². The van der Waals surface area contributed by atoms with Gasteiger partial charge in [-0.15, -0.1) is 0 Å². The van der Waals surface area contributed by atoms with Crippen molar-refractivity contribution in [2.75, 3.05) is 29.4 Å². The highest BCUT2D eigenvalue weighted by molar-refractivity contribution is 6.34. The molecule has 28 heavy (non-hydrogen) atoms. The van der Waals surface area contributed by atoms with Crippen LogP contribution in [-0.2, 0) is 11.0 Å². The van der Waals surface area contributed by atoms with Crippen molar-refractivity contribution in [1.29, 1.82) is 0 Å². The molecule has 1 aromatic heterocycles. The summed E-state index contributed by atoms with van der Waals surface area (Å²) < 4.78 is 40.3. The van der Waals surface area contributed by atoms with Crippen molar-refractivity contribution >= 4 is 29.0 Å². The van der Waals surface area contributed by atoms with E-state index >= 15 is 0 Å². The maximum absolute atomic E-state index is 13.4. The van der Waals surface area contributed by atoms with Gasteiger partial charge in [0.25, 0.3) is 0 Å². The lowest BCUT2D eigenvalue weighted by Gasteiger charge is -2.40. The normalized spacial score (nSPS) is 22.9. The van der Waals surface area contributed by atoms with Gasteiger partial charge in [0.1, 0.15) is 5.82 Å². The van der Waals surface area contributed by atoms with Crippen molar-refractivity contribution < 1.29 is 18.0 Å². The summed E-state index contributed by atoms with van der Waals surface area (Å²) in [6.45, 7) is 1.18. The summed E-state index contributed by atoms with van der Waals surface area (Å²) in [7, 11) is 0. The second-order valence-electron chi connectivity index (χ2n) is 7.34. The van der Waals surface area contributed by atoms with Gasteiger partial charge < -0.3 is 9.80 Å². The first-order chi connectivity index (χ1) is 13.3. The van der Waals surface area contributed by atoms with Gasteiger partial charge in [0.15, 0.2) is 0 Å². The number of anilines is 2. The van der Waals surface area contributed by atoms with Crippen LogP contribution < -0.4 is 9.80 Å². The van der Waals surface area contributed by atoms with E-state index in [4.69, 9.17) is 11.6 Å². The Morgan fingerprint density at radius 2 is 1.86 bits per heavy atom. The lowest BCUT2D eigenvalue weighted by molar-refractivity contribution is -0.137. The molecule has 1 amide bonds. The molecule has 1 spiro atoms. The lowest BCUT2D eigenvalue weighted by Crippen LogP contribution is -2.48. The number of para-hydroxylation sites is 1. The molecule has 0 radical (unpaired) electrons. The van der Waals surface area contributed by atoms with E-state index in [-0.39, 0.29) is 18.3 Å². The molecule has 0 N–H and O–H groups in total. The van der Waals surface area contributed by atoms with Gasteiger partial charge in [-0.1, -0.05) is 23.7 Å². The van der Waals surface area contributed by atoms with E-state index in [9.17, 15) is 18.0 Å². The fourth-order valence-corrected chi connectivity index (χ4v) is 4.52. The fraction of sp³-hybridized carbons (Fsp3) is 0.400. The molecule has 2 aliphatic heterocycles. The molecule has 0 bridgehead atoms. The first-order valence-corrected chi connectivity index (χ1v) is 9.53. The molecular formula is C20H19ClF3N3O. The molecular weight excluding hydrogens is 391 g/mol. The molecule has 2 aliphatic rings. The molecule has 1 aromatic carbocycles. The molecule has 4 nitrogen and oxygen atoms in total. The maximum atomic E-state index is 13.4. The third-order valence-corrected chi connectivity index (χ3v) is 5.94. The quantitative estimate of drug-likeness (QED) is 0.716. The number of pyridine rings is 1. The van der Waals surface area contributed by atoms with E-state index in [1.807, 2.05) is 6.07 Å². The molecule has 8 heteroatoms. The molecule has 2 fully saturated rings. The highest BCUT2D eigenvalue weighted by Gasteiger charge is 2.50. The minimum atomic E-state index is -4.49. The number of halogens is 4. The van der Waals surface area contributed by atoms with Crippen molar-refractivity contribution in [2.45, 2.75) is 25.4 Å². The van der Waals surface area contributed by atoms with E-state index in [1.54, 1.807) is 28.0 Å². The summed E-state index contributed by atoms with van der Waals surface area (Å²) in [5, 5.41) is 0.490. The summed E-state index contributed by atoms with van der Waals surface area (Å²) in [5.74, 6) is -0.173. The molecule has 2 saturated heterocycles. The molecule has 1 atom stereocenters. The number of rotatable bonds is 2. The Morgan fingerprint density at radius 3 is 2.61 bits per heavy atom. The lowest BCUT2D eigenvalue weighted by atomic mass is 9.78. The Labute approximate surface area is 165 Å². The standard InChI is InChI=1S/C20H19ClF3N3O/c21-15-6-1-2-7-16(15)27-12-9-19(18(27)28)8-4-11-26(13-19)17-14(20(22,23)24)5-3-10-25-17/h1-3,5-7,10H,4,8-9,11-13H2. The van der Waals surface area contributed by atoms with Crippen LogP contribution in [0, 0.1) is 5.41 Å². The van der Waals surface area contributed by atoms with Gasteiger partial charge in [-0.05, 0) is 43.5 Å². The van der Waals surface area contributed by atoms with Gasteiger partial charge in [0, 0.05) is 25.8 Å². The predicted octanol–water partition coefficient (Wildman–Crippen LogP) is 4.78. The summed E-state index contributed by atoms with van der Waals surface area (Å²) >= 11 is 6.25. The molecule has 148 valence electrons. The summed E-state index contributed by atoms with van der Waals surface area (Å²) in [5.41, 5.74) is -0.824. The zero-order valence-corrected chi connectivity index (χ0v) is 15.8. The van der Waals surface area contributed by atoms with Gasteiger partial charge in [-0.2, -0.15) is 13.2 Å². The maximum Gasteiger partial charge on any atom is 0.419 e. The van der Waals surface area contributed by atoms with Crippen molar-refractivity contribution in [3.63, 3.8) is 0 Å². The first kappa shape index (κ1) is 19.1. The Balaban J connectivity index is 1.63. The minimum Gasteiger partial charge on any atom is -0.355 e. The summed E-state index contributed by atoms with van der Waals surface area (Å²) in [6, 6.07) is 9.45. The van der Waals surface area contributed by atoms with Crippen LogP contribution in [0.4, 0.5) is 24.7 Å². The van der Waals surface area contributed by atoms with Crippen molar-refractivity contribution in [3.05, 3.63) is 53.2 Å². The number of hydrogen-bond acceptors (Lipinski definition) is 3. The zero-order chi connectivity index (χ0) is 19.9. The molecule has 3 heterocycles. The average Bonchev–Trinajstić information content (AvgIpc) is 2.97. The van der Waals surface area contributed by atoms with Gasteiger partial charge in [-0.3, -0.25) is 4.79 Å². The number of piperidine rings is 1. The summed E-state index contributed by atoms with van der Waals surface area (Å²) in [4.78, 5) is 20.6. The second kappa shape index (κ2) is 6.95. The van der Waals surface area contributed by atoms with Crippen LogP contribution in [0.25, 0.3) is 0 Å². The van der Waals surface area contributed by atoms with Crippen LogP contribution in [0.3, 0.4) is 0 Å². The van der Waals surface area contributed by atoms with Crippen molar-refractivity contribution in [2.24, 2.45) is 5.41 Å². The zero-order valence-electron chi connectivity index (χ0n) is 15.0. The third kappa shape index (κ3) is 3.21. The van der Waals surface area contributed by atoms with Gasteiger partial charge in [0.05, 0.1) is 21.7 Å².